The summed E-state index contributed by atoms with van der Waals surface area (Å²) in [6.07, 6.45) is 29.1. The summed E-state index contributed by atoms with van der Waals surface area (Å²) in [4.78, 5) is 0. The molecule has 1 fully saturated rings. The van der Waals surface area contributed by atoms with Gasteiger partial charge in [0, 0.05) is 0 Å². The van der Waals surface area contributed by atoms with Crippen molar-refractivity contribution in [3.63, 3.8) is 0 Å². The van der Waals surface area contributed by atoms with E-state index < -0.39 is 0 Å². The van der Waals surface area contributed by atoms with E-state index in [-0.39, 0.29) is 24.8 Å². The van der Waals surface area contributed by atoms with Crippen LogP contribution in [0.2, 0.25) is 0 Å². The molecule has 0 N–H and O–H groups in total. The second-order valence-electron chi connectivity index (χ2n) is 11.2. The number of halogens is 2. The van der Waals surface area contributed by atoms with Gasteiger partial charge in [0.1, 0.15) is 0 Å². The van der Waals surface area contributed by atoms with Crippen molar-refractivity contribution in [2.45, 2.75) is 44.9 Å². The Bertz CT molecular complexity index is 1740. The number of benzene rings is 4. The van der Waals surface area contributed by atoms with Crippen LogP contribution in [0.1, 0.15) is 54.4 Å². The molecule has 5 aliphatic rings. The first-order valence-electron chi connectivity index (χ1n) is 14.9. The summed E-state index contributed by atoms with van der Waals surface area (Å²) < 4.78 is 1.80. The van der Waals surface area contributed by atoms with Crippen LogP contribution in [0.4, 0.5) is 0 Å². The Kier molecular flexibility index (Phi) is 10.5. The fourth-order valence-corrected chi connectivity index (χ4v) is 7.39. The average molecular weight is 675 g/mol. The van der Waals surface area contributed by atoms with E-state index >= 15 is 0 Å². The second-order valence-corrected chi connectivity index (χ2v) is 13.0. The van der Waals surface area contributed by atoms with Crippen LogP contribution < -0.4 is 24.8 Å². The van der Waals surface area contributed by atoms with Crippen LogP contribution in [0.15, 0.2) is 120 Å². The normalized spacial score (nSPS) is 16.7. The number of hydrogen-bond acceptors (Lipinski definition) is 0. The molecule has 0 radical (unpaired) electrons. The van der Waals surface area contributed by atoms with Gasteiger partial charge in [-0.25, -0.2) is 0 Å². The van der Waals surface area contributed by atoms with E-state index in [0.717, 1.165) is 12.8 Å². The quantitative estimate of drug-likeness (QED) is 0.249. The fraction of sp³-hybridized carbons (Fsp3) is 0.175. The van der Waals surface area contributed by atoms with Crippen molar-refractivity contribution in [3.8, 4) is 0 Å². The summed E-state index contributed by atoms with van der Waals surface area (Å²) in [7, 11) is 0. The Labute approximate surface area is 282 Å². The summed E-state index contributed by atoms with van der Waals surface area (Å²) in [5.41, 5.74) is 10.8. The van der Waals surface area contributed by atoms with Crippen LogP contribution in [0.25, 0.3) is 32.7 Å². The molecule has 5 aliphatic carbocycles. The predicted molar refractivity (Wildman–Crippen MR) is 171 cm³/mol. The van der Waals surface area contributed by atoms with E-state index in [2.05, 4.69) is 109 Å². The molecule has 0 bridgehead atoms. The van der Waals surface area contributed by atoms with E-state index in [1.807, 2.05) is 12.2 Å². The van der Waals surface area contributed by atoms with Crippen LogP contribution in [0.5, 0.6) is 0 Å². The van der Waals surface area contributed by atoms with Gasteiger partial charge in [-0.05, 0) is 23.6 Å². The molecule has 212 valence electrons. The Morgan fingerprint density at radius 3 is 1.44 bits per heavy atom. The standard InChI is InChI=1S/2C17H11.C6H10.2ClH.Zr/c2*1-2-6-15-12(4-1)8-10-14-11-9-13-5-3-7-16(13)17(14)15;1-2-4-6-5-3-1;;;/h2*1-6,8-10H,11H2;1-5H2;2*1H;/q2*-1;;;;+2/p-2. The first-order valence-corrected chi connectivity index (χ1v) is 16.1. The van der Waals surface area contributed by atoms with Gasteiger partial charge < -0.3 is 24.8 Å². The number of hydrogen-bond donors (Lipinski definition) is 0. The summed E-state index contributed by atoms with van der Waals surface area (Å²) in [5, 5.41) is 5.33. The summed E-state index contributed by atoms with van der Waals surface area (Å²) in [6, 6.07) is 26.1. The van der Waals surface area contributed by atoms with Crippen LogP contribution in [-0.4, -0.2) is 3.21 Å². The van der Waals surface area contributed by atoms with Gasteiger partial charge in [0.2, 0.25) is 0 Å². The minimum absolute atomic E-state index is 0. The van der Waals surface area contributed by atoms with Crippen LogP contribution in [0, 0.1) is 12.2 Å². The Balaban J connectivity index is 0.000000136. The van der Waals surface area contributed by atoms with Crippen molar-refractivity contribution < 1.29 is 49.0 Å². The topological polar surface area (TPSA) is 0 Å². The third-order valence-corrected chi connectivity index (χ3v) is 9.86. The van der Waals surface area contributed by atoms with Crippen molar-refractivity contribution in [3.05, 3.63) is 155 Å². The Morgan fingerprint density at radius 1 is 0.535 bits per heavy atom. The van der Waals surface area contributed by atoms with E-state index in [1.165, 1.54) is 98.2 Å². The van der Waals surface area contributed by atoms with Crippen molar-refractivity contribution >= 4 is 35.9 Å². The zero-order valence-electron chi connectivity index (χ0n) is 24.1. The maximum absolute atomic E-state index is 3.37. The molecule has 9 rings (SSSR count). The second kappa shape index (κ2) is 14.3. The monoisotopic (exact) mass is 672 g/mol. The third kappa shape index (κ3) is 6.51. The molecule has 43 heavy (non-hydrogen) atoms. The zero-order chi connectivity index (χ0) is 27.6. The Hall–Kier alpha value is -2.83. The first kappa shape index (κ1) is 31.6. The molecular formula is C40H32Cl2Zr-2. The zero-order valence-corrected chi connectivity index (χ0v) is 28.1. The SMILES string of the molecule is [C-]1=C2C(=CCc3ccc4ccccc4c32)C=C1.[C-]1=C2C(=CCc3ccc4ccccc4c32)C=C1.[Cl-].[Cl-].[Zr+2]=[C]1CCCCC1. The molecule has 4 aromatic rings. The van der Waals surface area contributed by atoms with E-state index in [4.69, 9.17) is 0 Å². The van der Waals surface area contributed by atoms with Gasteiger partial charge in [-0.15, -0.1) is 46.6 Å². The molecule has 0 aromatic heterocycles. The third-order valence-electron chi connectivity index (χ3n) is 8.63. The van der Waals surface area contributed by atoms with Gasteiger partial charge >= 0.3 is 59.5 Å². The van der Waals surface area contributed by atoms with Crippen LogP contribution in [0.3, 0.4) is 0 Å². The molecule has 1 saturated carbocycles. The number of fused-ring (bicyclic) bond motifs is 10. The molecule has 0 unspecified atom stereocenters. The van der Waals surface area contributed by atoms with Gasteiger partial charge in [0.15, 0.2) is 0 Å². The molecular weight excluding hydrogens is 643 g/mol. The van der Waals surface area contributed by atoms with Gasteiger partial charge in [-0.3, -0.25) is 0 Å². The van der Waals surface area contributed by atoms with Gasteiger partial charge in [-0.2, -0.15) is 24.3 Å². The molecule has 0 saturated heterocycles. The summed E-state index contributed by atoms with van der Waals surface area (Å²) >= 11 is 1.69. The molecule has 0 heterocycles. The first-order chi connectivity index (χ1) is 20.3. The average Bonchev–Trinajstić information content (AvgIpc) is 3.72. The van der Waals surface area contributed by atoms with E-state index in [0.29, 0.717) is 0 Å². The fourth-order valence-electron chi connectivity index (χ4n) is 6.52. The maximum atomic E-state index is 3.37. The van der Waals surface area contributed by atoms with Gasteiger partial charge in [0.05, 0.1) is 0 Å². The molecule has 0 nitrogen and oxygen atoms in total. The molecule has 0 atom stereocenters. The molecule has 0 spiro atoms. The van der Waals surface area contributed by atoms with Crippen molar-refractivity contribution in [1.82, 2.24) is 0 Å². The Morgan fingerprint density at radius 2 is 1.00 bits per heavy atom. The van der Waals surface area contributed by atoms with Crippen molar-refractivity contribution in [2.75, 3.05) is 0 Å². The summed E-state index contributed by atoms with van der Waals surface area (Å²) in [5.74, 6) is 0. The van der Waals surface area contributed by atoms with Crippen LogP contribution >= 0.6 is 0 Å². The molecule has 0 amide bonds. The number of allylic oxidation sites excluding steroid dienone is 12. The van der Waals surface area contributed by atoms with Gasteiger partial charge in [0.25, 0.3) is 0 Å². The minimum atomic E-state index is 0. The molecule has 4 aromatic carbocycles. The predicted octanol–water partition coefficient (Wildman–Crippen LogP) is 3.84. The van der Waals surface area contributed by atoms with E-state index in [1.54, 1.807) is 27.4 Å². The van der Waals surface area contributed by atoms with E-state index in [9.17, 15) is 0 Å². The molecule has 0 aliphatic heterocycles. The number of rotatable bonds is 0. The summed E-state index contributed by atoms with van der Waals surface area (Å²) in [6.45, 7) is 0. The van der Waals surface area contributed by atoms with Crippen molar-refractivity contribution in [2.24, 2.45) is 0 Å². The van der Waals surface area contributed by atoms with Gasteiger partial charge in [-0.1, -0.05) is 106 Å². The van der Waals surface area contributed by atoms with Crippen molar-refractivity contribution in [1.29, 1.82) is 0 Å². The van der Waals surface area contributed by atoms with Crippen LogP contribution in [-0.2, 0) is 37.1 Å². The molecule has 3 heteroatoms.